The molecule has 27 heavy (non-hydrogen) atoms. The third-order valence-corrected chi connectivity index (χ3v) is 5.02. The van der Waals surface area contributed by atoms with Gasteiger partial charge < -0.3 is 24.6 Å². The van der Waals surface area contributed by atoms with Crippen LogP contribution in [-0.4, -0.2) is 80.4 Å². The first kappa shape index (κ1) is 21.8. The van der Waals surface area contributed by atoms with Crippen molar-refractivity contribution in [3.63, 3.8) is 0 Å². The van der Waals surface area contributed by atoms with Crippen LogP contribution in [0.2, 0.25) is 0 Å². The molecule has 7 nitrogen and oxygen atoms in total. The zero-order chi connectivity index (χ0) is 19.9. The number of hydrogen-bond donors (Lipinski definition) is 1. The van der Waals surface area contributed by atoms with Crippen LogP contribution in [0.25, 0.3) is 0 Å². The van der Waals surface area contributed by atoms with Crippen molar-refractivity contribution < 1.29 is 14.3 Å². The van der Waals surface area contributed by atoms with Gasteiger partial charge in [-0.15, -0.1) is 0 Å². The molecule has 0 aromatic carbocycles. The van der Waals surface area contributed by atoms with E-state index in [1.165, 1.54) is 0 Å². The Labute approximate surface area is 164 Å². The van der Waals surface area contributed by atoms with Crippen LogP contribution in [0.15, 0.2) is 4.99 Å². The smallest absolute Gasteiger partial charge is 0.410 e. The maximum atomic E-state index is 12.2. The van der Waals surface area contributed by atoms with Crippen LogP contribution in [0.1, 0.15) is 47.0 Å². The van der Waals surface area contributed by atoms with Crippen LogP contribution in [0.3, 0.4) is 0 Å². The molecule has 1 N–H and O–H groups in total. The first-order valence-electron chi connectivity index (χ1n) is 10.3. The molecule has 2 aliphatic heterocycles. The van der Waals surface area contributed by atoms with E-state index < -0.39 is 5.60 Å². The van der Waals surface area contributed by atoms with Crippen LogP contribution in [-0.2, 0) is 9.47 Å². The Balaban J connectivity index is 1.80. The van der Waals surface area contributed by atoms with Gasteiger partial charge >= 0.3 is 6.09 Å². The first-order chi connectivity index (χ1) is 12.8. The van der Waals surface area contributed by atoms with Gasteiger partial charge in [-0.1, -0.05) is 0 Å². The monoisotopic (exact) mass is 382 g/mol. The van der Waals surface area contributed by atoms with Gasteiger partial charge in [0, 0.05) is 52.3 Å². The molecular weight excluding hydrogens is 344 g/mol. The van der Waals surface area contributed by atoms with Gasteiger partial charge in [0.15, 0.2) is 5.96 Å². The molecule has 0 spiro atoms. The highest BCUT2D eigenvalue weighted by Crippen LogP contribution is 2.20. The number of carbonyl (C=O) groups is 1. The lowest BCUT2D eigenvalue weighted by molar-refractivity contribution is 0.0187. The summed E-state index contributed by atoms with van der Waals surface area (Å²) >= 11 is 0. The van der Waals surface area contributed by atoms with E-state index in [0.717, 1.165) is 71.2 Å². The predicted octanol–water partition coefficient (Wildman–Crippen LogP) is 2.57. The number of aliphatic imine (C=N–C) groups is 1. The van der Waals surface area contributed by atoms with Crippen molar-refractivity contribution in [1.82, 2.24) is 15.1 Å². The van der Waals surface area contributed by atoms with Crippen molar-refractivity contribution in [1.29, 1.82) is 0 Å². The summed E-state index contributed by atoms with van der Waals surface area (Å²) in [5.41, 5.74) is -0.437. The summed E-state index contributed by atoms with van der Waals surface area (Å²) in [5.74, 6) is 2.08. The second kappa shape index (κ2) is 10.2. The molecule has 1 unspecified atom stereocenters. The fourth-order valence-electron chi connectivity index (χ4n) is 3.51. The van der Waals surface area contributed by atoms with E-state index in [0.29, 0.717) is 11.8 Å². The van der Waals surface area contributed by atoms with Crippen LogP contribution >= 0.6 is 0 Å². The third kappa shape index (κ3) is 7.56. The molecule has 2 rings (SSSR count). The second-order valence-corrected chi connectivity index (χ2v) is 8.72. The summed E-state index contributed by atoms with van der Waals surface area (Å²) < 4.78 is 11.0. The number of nitrogens with zero attached hydrogens (tertiary/aromatic N) is 3. The molecule has 0 bridgehead atoms. The van der Waals surface area contributed by atoms with E-state index in [1.807, 2.05) is 25.7 Å². The highest BCUT2D eigenvalue weighted by molar-refractivity contribution is 5.79. The molecule has 2 saturated heterocycles. The summed E-state index contributed by atoms with van der Waals surface area (Å²) in [7, 11) is 2.10. The molecule has 2 heterocycles. The minimum Gasteiger partial charge on any atom is -0.444 e. The van der Waals surface area contributed by atoms with E-state index in [9.17, 15) is 4.79 Å². The van der Waals surface area contributed by atoms with Crippen LogP contribution < -0.4 is 5.32 Å². The number of guanidine groups is 1. The molecule has 0 radical (unpaired) electrons. The maximum Gasteiger partial charge on any atom is 0.410 e. The van der Waals surface area contributed by atoms with Crippen molar-refractivity contribution in [2.75, 3.05) is 53.0 Å². The molecule has 0 saturated carbocycles. The number of likely N-dealkylation sites (tertiary alicyclic amines) is 1. The van der Waals surface area contributed by atoms with E-state index in [2.05, 4.69) is 24.2 Å². The van der Waals surface area contributed by atoms with E-state index in [1.54, 1.807) is 0 Å². The summed E-state index contributed by atoms with van der Waals surface area (Å²) in [6, 6.07) is 0. The predicted molar refractivity (Wildman–Crippen MR) is 108 cm³/mol. The standard InChI is InChI=1S/C20H38N4O3/c1-6-21-18(23(5)14-17-9-12-26-15-17)22-13-16-7-10-24(11-8-16)19(25)27-20(2,3)4/h16-17H,6-15H2,1-5H3,(H,21,22). The summed E-state index contributed by atoms with van der Waals surface area (Å²) in [5, 5.41) is 3.40. The molecule has 156 valence electrons. The second-order valence-electron chi connectivity index (χ2n) is 8.72. The fourth-order valence-corrected chi connectivity index (χ4v) is 3.51. The average Bonchev–Trinajstić information content (AvgIpc) is 3.10. The largest absolute Gasteiger partial charge is 0.444 e. The number of rotatable bonds is 5. The topological polar surface area (TPSA) is 66.4 Å². The Morgan fingerprint density at radius 3 is 2.52 bits per heavy atom. The minimum absolute atomic E-state index is 0.198. The van der Waals surface area contributed by atoms with Gasteiger partial charge in [-0.25, -0.2) is 4.79 Å². The fraction of sp³-hybridized carbons (Fsp3) is 0.900. The maximum absolute atomic E-state index is 12.2. The van der Waals surface area contributed by atoms with Crippen LogP contribution in [0, 0.1) is 11.8 Å². The van der Waals surface area contributed by atoms with Crippen molar-refractivity contribution >= 4 is 12.1 Å². The number of nitrogens with one attached hydrogen (secondary N) is 1. The van der Waals surface area contributed by atoms with Gasteiger partial charge in [0.2, 0.25) is 0 Å². The zero-order valence-corrected chi connectivity index (χ0v) is 17.8. The molecule has 0 aromatic heterocycles. The molecule has 0 aliphatic carbocycles. The van der Waals surface area contributed by atoms with E-state index >= 15 is 0 Å². The normalized spacial score (nSPS) is 22.0. The zero-order valence-electron chi connectivity index (χ0n) is 17.8. The summed E-state index contributed by atoms with van der Waals surface area (Å²) in [6.45, 7) is 13.7. The first-order valence-corrected chi connectivity index (χ1v) is 10.3. The van der Waals surface area contributed by atoms with Crippen LogP contribution in [0.5, 0.6) is 0 Å². The molecule has 7 heteroatoms. The quantitative estimate of drug-likeness (QED) is 0.585. The van der Waals surface area contributed by atoms with Crippen molar-refractivity contribution in [2.45, 2.75) is 52.6 Å². The Kier molecular flexibility index (Phi) is 8.20. The molecule has 1 amide bonds. The van der Waals surface area contributed by atoms with Crippen LogP contribution in [0.4, 0.5) is 4.79 Å². The number of carbonyl (C=O) groups excluding carboxylic acids is 1. The van der Waals surface area contributed by atoms with E-state index in [-0.39, 0.29) is 6.09 Å². The van der Waals surface area contributed by atoms with Gasteiger partial charge in [0.25, 0.3) is 0 Å². The SMILES string of the molecule is CCNC(=NCC1CCN(C(=O)OC(C)(C)C)CC1)N(C)CC1CCOC1. The van der Waals surface area contributed by atoms with Gasteiger partial charge in [0.05, 0.1) is 6.61 Å². The lowest BCUT2D eigenvalue weighted by Gasteiger charge is -2.33. The lowest BCUT2D eigenvalue weighted by Crippen LogP contribution is -2.43. The van der Waals surface area contributed by atoms with Gasteiger partial charge in [-0.05, 0) is 52.9 Å². The minimum atomic E-state index is -0.437. The third-order valence-electron chi connectivity index (χ3n) is 5.02. The molecule has 2 fully saturated rings. The van der Waals surface area contributed by atoms with E-state index in [4.69, 9.17) is 14.5 Å². The number of ether oxygens (including phenoxy) is 2. The van der Waals surface area contributed by atoms with Crippen molar-refractivity contribution in [3.8, 4) is 0 Å². The van der Waals surface area contributed by atoms with Gasteiger partial charge in [-0.3, -0.25) is 4.99 Å². The highest BCUT2D eigenvalue weighted by atomic mass is 16.6. The number of piperidine rings is 1. The van der Waals surface area contributed by atoms with Crippen molar-refractivity contribution in [3.05, 3.63) is 0 Å². The number of hydrogen-bond acceptors (Lipinski definition) is 4. The highest BCUT2D eigenvalue weighted by Gasteiger charge is 2.27. The lowest BCUT2D eigenvalue weighted by atomic mass is 9.97. The van der Waals surface area contributed by atoms with Gasteiger partial charge in [-0.2, -0.15) is 0 Å². The number of amides is 1. The Bertz CT molecular complexity index is 490. The molecule has 2 aliphatic rings. The average molecular weight is 383 g/mol. The molecule has 0 aromatic rings. The summed E-state index contributed by atoms with van der Waals surface area (Å²) in [4.78, 5) is 21.1. The summed E-state index contributed by atoms with van der Waals surface area (Å²) in [6.07, 6.45) is 2.88. The molecule has 1 atom stereocenters. The molecular formula is C20H38N4O3. The Hall–Kier alpha value is -1.50. The van der Waals surface area contributed by atoms with Crippen molar-refractivity contribution in [2.24, 2.45) is 16.8 Å². The Morgan fingerprint density at radius 1 is 1.26 bits per heavy atom. The van der Waals surface area contributed by atoms with Gasteiger partial charge in [0.1, 0.15) is 5.60 Å². The Morgan fingerprint density at radius 2 is 1.96 bits per heavy atom.